The Labute approximate surface area is 92.5 Å². The lowest BCUT2D eigenvalue weighted by molar-refractivity contribution is -0.120. The molecule has 2 aliphatic carbocycles. The van der Waals surface area contributed by atoms with Gasteiger partial charge in [-0.2, -0.15) is 0 Å². The maximum atomic E-state index is 12.0. The van der Waals surface area contributed by atoms with Crippen molar-refractivity contribution in [3.05, 3.63) is 0 Å². The molecule has 2 atom stereocenters. The molecule has 16 heavy (non-hydrogen) atoms. The van der Waals surface area contributed by atoms with Crippen molar-refractivity contribution in [2.45, 2.75) is 37.4 Å². The Kier molecular flexibility index (Phi) is 2.90. The van der Waals surface area contributed by atoms with Gasteiger partial charge >= 0.3 is 0 Å². The van der Waals surface area contributed by atoms with Gasteiger partial charge < -0.3 is 0 Å². The number of alkyl halides is 2. The van der Waals surface area contributed by atoms with E-state index in [4.69, 9.17) is 0 Å². The number of halogens is 2. The summed E-state index contributed by atoms with van der Waals surface area (Å²) in [5.74, 6) is -1.51. The van der Waals surface area contributed by atoms with Crippen LogP contribution in [0.5, 0.6) is 0 Å². The SMILES string of the molecule is O=C(NS(=O)(=O)C1CC1)C1CC1CC(F)F. The van der Waals surface area contributed by atoms with Gasteiger partial charge in [0.15, 0.2) is 0 Å². The standard InChI is InChI=1S/C9H13F2NO3S/c10-8(11)4-5-3-7(5)9(13)12-16(14,15)6-1-2-6/h5-8H,1-4H2,(H,12,13). The van der Waals surface area contributed by atoms with Crippen molar-refractivity contribution in [3.8, 4) is 0 Å². The third kappa shape index (κ3) is 2.69. The van der Waals surface area contributed by atoms with Crippen LogP contribution < -0.4 is 4.72 Å². The summed E-state index contributed by atoms with van der Waals surface area (Å²) in [5.41, 5.74) is 0. The Morgan fingerprint density at radius 2 is 2.00 bits per heavy atom. The van der Waals surface area contributed by atoms with E-state index in [2.05, 4.69) is 0 Å². The highest BCUT2D eigenvalue weighted by molar-refractivity contribution is 7.90. The maximum absolute atomic E-state index is 12.0. The molecule has 2 unspecified atom stereocenters. The van der Waals surface area contributed by atoms with E-state index in [0.29, 0.717) is 19.3 Å². The van der Waals surface area contributed by atoms with Crippen LogP contribution in [0.4, 0.5) is 8.78 Å². The fourth-order valence-electron chi connectivity index (χ4n) is 1.74. The highest BCUT2D eigenvalue weighted by Crippen LogP contribution is 2.43. The summed E-state index contributed by atoms with van der Waals surface area (Å²) >= 11 is 0. The fraction of sp³-hybridized carbons (Fsp3) is 0.889. The minimum atomic E-state index is -3.53. The largest absolute Gasteiger partial charge is 0.274 e. The molecule has 0 bridgehead atoms. The Morgan fingerprint density at radius 3 is 2.50 bits per heavy atom. The predicted octanol–water partition coefficient (Wildman–Crippen LogP) is 0.886. The maximum Gasteiger partial charge on any atom is 0.238 e. The van der Waals surface area contributed by atoms with Gasteiger partial charge in [-0.3, -0.25) is 9.52 Å². The van der Waals surface area contributed by atoms with Crippen molar-refractivity contribution < 1.29 is 22.0 Å². The van der Waals surface area contributed by atoms with E-state index < -0.39 is 33.5 Å². The number of rotatable bonds is 5. The predicted molar refractivity (Wildman–Crippen MR) is 52.3 cm³/mol. The number of nitrogens with one attached hydrogen (secondary N) is 1. The second kappa shape index (κ2) is 3.94. The molecule has 1 N–H and O–H groups in total. The van der Waals surface area contributed by atoms with Gasteiger partial charge in [0.05, 0.1) is 5.25 Å². The zero-order valence-electron chi connectivity index (χ0n) is 8.53. The molecular weight excluding hydrogens is 240 g/mol. The quantitative estimate of drug-likeness (QED) is 0.791. The van der Waals surface area contributed by atoms with E-state index in [1.165, 1.54) is 0 Å². The van der Waals surface area contributed by atoms with Gasteiger partial charge in [0.25, 0.3) is 0 Å². The van der Waals surface area contributed by atoms with E-state index in [1.807, 2.05) is 4.72 Å². The minimum Gasteiger partial charge on any atom is -0.274 e. The van der Waals surface area contributed by atoms with Crippen LogP contribution in [0.1, 0.15) is 25.7 Å². The summed E-state index contributed by atoms with van der Waals surface area (Å²) in [4.78, 5) is 11.4. The highest BCUT2D eigenvalue weighted by Gasteiger charge is 2.46. The molecule has 0 heterocycles. The lowest BCUT2D eigenvalue weighted by Gasteiger charge is -2.04. The molecule has 0 aromatic rings. The average molecular weight is 253 g/mol. The van der Waals surface area contributed by atoms with E-state index >= 15 is 0 Å². The first-order chi connectivity index (χ1) is 7.40. The molecule has 0 spiro atoms. The highest BCUT2D eigenvalue weighted by atomic mass is 32.2. The van der Waals surface area contributed by atoms with Crippen LogP contribution >= 0.6 is 0 Å². The van der Waals surface area contributed by atoms with Gasteiger partial charge in [0, 0.05) is 12.3 Å². The molecule has 92 valence electrons. The van der Waals surface area contributed by atoms with Crippen molar-refractivity contribution in [1.29, 1.82) is 0 Å². The molecule has 2 aliphatic rings. The van der Waals surface area contributed by atoms with Crippen molar-refractivity contribution in [1.82, 2.24) is 4.72 Å². The molecule has 0 aromatic carbocycles. The monoisotopic (exact) mass is 253 g/mol. The third-order valence-electron chi connectivity index (χ3n) is 2.95. The molecule has 2 saturated carbocycles. The zero-order chi connectivity index (χ0) is 11.9. The zero-order valence-corrected chi connectivity index (χ0v) is 9.34. The molecule has 4 nitrogen and oxygen atoms in total. The Balaban J connectivity index is 1.82. The second-order valence-electron chi connectivity index (χ2n) is 4.44. The number of carbonyl (C=O) groups is 1. The van der Waals surface area contributed by atoms with E-state index in [0.717, 1.165) is 0 Å². The summed E-state index contributed by atoms with van der Waals surface area (Å²) in [6.07, 6.45) is -1.22. The molecule has 1 amide bonds. The molecule has 2 rings (SSSR count). The summed E-state index contributed by atoms with van der Waals surface area (Å²) in [5, 5.41) is -0.455. The second-order valence-corrected chi connectivity index (χ2v) is 6.40. The van der Waals surface area contributed by atoms with Crippen LogP contribution in [0.3, 0.4) is 0 Å². The lowest BCUT2D eigenvalue weighted by atomic mass is 10.2. The Morgan fingerprint density at radius 1 is 1.38 bits per heavy atom. The van der Waals surface area contributed by atoms with Crippen LogP contribution in [0.25, 0.3) is 0 Å². The number of carbonyl (C=O) groups excluding carboxylic acids is 1. The molecule has 7 heteroatoms. The van der Waals surface area contributed by atoms with Crippen molar-refractivity contribution in [2.75, 3.05) is 0 Å². The van der Waals surface area contributed by atoms with Crippen LogP contribution in [-0.4, -0.2) is 26.0 Å². The number of sulfonamides is 1. The van der Waals surface area contributed by atoms with Gasteiger partial charge in [-0.25, -0.2) is 17.2 Å². The Bertz CT molecular complexity index is 392. The van der Waals surface area contributed by atoms with Gasteiger partial charge in [0.1, 0.15) is 0 Å². The van der Waals surface area contributed by atoms with Crippen molar-refractivity contribution in [3.63, 3.8) is 0 Å². The summed E-state index contributed by atoms with van der Waals surface area (Å²) in [7, 11) is -3.53. The first-order valence-electron chi connectivity index (χ1n) is 5.24. The molecule has 0 aliphatic heterocycles. The summed E-state index contributed by atoms with van der Waals surface area (Å²) in [6.45, 7) is 0. The molecular formula is C9H13F2NO3S. The Hall–Kier alpha value is -0.720. The molecule has 0 saturated heterocycles. The van der Waals surface area contributed by atoms with Crippen LogP contribution in [0.2, 0.25) is 0 Å². The number of hydrogen-bond donors (Lipinski definition) is 1. The van der Waals surface area contributed by atoms with Crippen molar-refractivity contribution in [2.24, 2.45) is 11.8 Å². The average Bonchev–Trinajstić information content (AvgIpc) is 2.97. The van der Waals surface area contributed by atoms with Gasteiger partial charge in [-0.1, -0.05) is 0 Å². The molecule has 0 radical (unpaired) electrons. The molecule has 0 aromatic heterocycles. The summed E-state index contributed by atoms with van der Waals surface area (Å²) in [6, 6.07) is 0. The normalized spacial score (nSPS) is 29.2. The van der Waals surface area contributed by atoms with Gasteiger partial charge in [0.2, 0.25) is 22.4 Å². The third-order valence-corrected chi connectivity index (χ3v) is 4.78. The van der Waals surface area contributed by atoms with E-state index in [1.54, 1.807) is 0 Å². The smallest absolute Gasteiger partial charge is 0.238 e. The summed E-state index contributed by atoms with van der Waals surface area (Å²) < 4.78 is 48.7. The van der Waals surface area contributed by atoms with Crippen LogP contribution in [0, 0.1) is 11.8 Å². The minimum absolute atomic E-state index is 0.318. The van der Waals surface area contributed by atoms with Crippen molar-refractivity contribution >= 4 is 15.9 Å². The van der Waals surface area contributed by atoms with E-state index in [9.17, 15) is 22.0 Å². The van der Waals surface area contributed by atoms with Crippen LogP contribution in [-0.2, 0) is 14.8 Å². The molecule has 2 fully saturated rings. The van der Waals surface area contributed by atoms with E-state index in [-0.39, 0.29) is 12.3 Å². The number of hydrogen-bond acceptors (Lipinski definition) is 3. The topological polar surface area (TPSA) is 63.2 Å². The first kappa shape index (κ1) is 11.8. The van der Waals surface area contributed by atoms with Gasteiger partial charge in [-0.15, -0.1) is 0 Å². The fourth-order valence-corrected chi connectivity index (χ4v) is 3.09. The van der Waals surface area contributed by atoms with Gasteiger partial charge in [-0.05, 0) is 25.2 Å². The first-order valence-corrected chi connectivity index (χ1v) is 6.78. The lowest BCUT2D eigenvalue weighted by Crippen LogP contribution is -2.34. The number of amides is 1. The van der Waals surface area contributed by atoms with Crippen LogP contribution in [0.15, 0.2) is 0 Å².